The van der Waals surface area contributed by atoms with Gasteiger partial charge in [-0.1, -0.05) is 12.0 Å². The summed E-state index contributed by atoms with van der Waals surface area (Å²) in [6, 6.07) is 5.88. The summed E-state index contributed by atoms with van der Waals surface area (Å²) in [7, 11) is 0. The number of pyridine rings is 1. The molecule has 0 aliphatic heterocycles. The zero-order valence-electron chi connectivity index (χ0n) is 12.2. The number of hydrogen-bond donors (Lipinski definition) is 2. The van der Waals surface area contributed by atoms with Gasteiger partial charge >= 0.3 is 0 Å². The Morgan fingerprint density at radius 2 is 2.29 bits per heavy atom. The summed E-state index contributed by atoms with van der Waals surface area (Å²) >= 11 is 0. The van der Waals surface area contributed by atoms with Gasteiger partial charge in [0.1, 0.15) is 5.82 Å². The minimum atomic E-state index is 0.473. The summed E-state index contributed by atoms with van der Waals surface area (Å²) in [6.07, 6.45) is 8.95. The topological polar surface area (TPSA) is 66.6 Å². The van der Waals surface area contributed by atoms with Crippen LogP contribution in [0.4, 0.5) is 0 Å². The average Bonchev–Trinajstić information content (AvgIpc) is 2.92. The molecule has 0 radical (unpaired) electrons. The predicted octanol–water partition coefficient (Wildman–Crippen LogP) is 0.850. The molecule has 0 unspecified atom stereocenters. The monoisotopic (exact) mass is 284 g/mol. The van der Waals surface area contributed by atoms with Gasteiger partial charge in [-0.15, -0.1) is 16.6 Å². The summed E-state index contributed by atoms with van der Waals surface area (Å²) in [5, 5.41) is 14.6. The molecule has 0 amide bonds. The maximum atomic E-state index is 5.23. The molecule has 0 saturated heterocycles. The molecule has 2 aromatic heterocycles. The van der Waals surface area contributed by atoms with E-state index in [1.165, 1.54) is 0 Å². The van der Waals surface area contributed by atoms with Gasteiger partial charge in [0.05, 0.1) is 6.54 Å². The Bertz CT molecular complexity index is 637. The van der Waals surface area contributed by atoms with Gasteiger partial charge < -0.3 is 10.6 Å². The molecule has 0 aliphatic rings. The van der Waals surface area contributed by atoms with Crippen LogP contribution in [0.15, 0.2) is 29.4 Å². The van der Waals surface area contributed by atoms with Crippen molar-refractivity contribution >= 4 is 11.6 Å². The second-order valence-corrected chi connectivity index (χ2v) is 4.47. The Morgan fingerprint density at radius 1 is 1.38 bits per heavy atom. The van der Waals surface area contributed by atoms with Crippen LogP contribution in [0, 0.1) is 12.3 Å². The number of nitrogens with zero attached hydrogens (tertiary/aromatic N) is 4. The average molecular weight is 284 g/mol. The largest absolute Gasteiger partial charge is 0.357 e. The lowest BCUT2D eigenvalue weighted by Gasteiger charge is -2.08. The van der Waals surface area contributed by atoms with Gasteiger partial charge in [0.25, 0.3) is 0 Å². The Morgan fingerprint density at radius 3 is 3.10 bits per heavy atom. The van der Waals surface area contributed by atoms with E-state index >= 15 is 0 Å². The molecular weight excluding hydrogens is 264 g/mol. The highest BCUT2D eigenvalue weighted by atomic mass is 15.2. The molecule has 2 rings (SSSR count). The van der Waals surface area contributed by atoms with Gasteiger partial charge in [0, 0.05) is 25.7 Å². The fourth-order valence-corrected chi connectivity index (χ4v) is 1.97. The highest BCUT2D eigenvalue weighted by molar-refractivity contribution is 5.79. The molecular formula is C15H20N6. The van der Waals surface area contributed by atoms with E-state index in [1.54, 1.807) is 0 Å². The van der Waals surface area contributed by atoms with E-state index in [0.29, 0.717) is 13.1 Å². The summed E-state index contributed by atoms with van der Waals surface area (Å²) in [5.74, 6) is 4.25. The van der Waals surface area contributed by atoms with Crippen molar-refractivity contribution in [1.29, 1.82) is 0 Å². The fourth-order valence-electron chi connectivity index (χ4n) is 1.97. The minimum Gasteiger partial charge on any atom is -0.357 e. The first-order chi connectivity index (χ1) is 10.3. The highest BCUT2D eigenvalue weighted by Gasteiger charge is 2.03. The number of terminal acetylenes is 1. The molecule has 6 nitrogen and oxygen atoms in total. The van der Waals surface area contributed by atoms with Crippen LogP contribution in [0.25, 0.3) is 5.65 Å². The predicted molar refractivity (Wildman–Crippen MR) is 84.1 cm³/mol. The van der Waals surface area contributed by atoms with E-state index in [0.717, 1.165) is 36.8 Å². The van der Waals surface area contributed by atoms with E-state index in [1.807, 2.05) is 35.7 Å². The third-order valence-electron chi connectivity index (χ3n) is 2.91. The van der Waals surface area contributed by atoms with Crippen molar-refractivity contribution in [2.24, 2.45) is 4.99 Å². The quantitative estimate of drug-likeness (QED) is 0.357. The van der Waals surface area contributed by atoms with E-state index in [2.05, 4.69) is 31.7 Å². The Balaban J connectivity index is 1.87. The molecule has 0 atom stereocenters. The van der Waals surface area contributed by atoms with Crippen LogP contribution in [-0.2, 0) is 6.42 Å². The Labute approximate surface area is 124 Å². The number of aromatic nitrogens is 3. The Hall–Kier alpha value is -2.55. The number of guanidine groups is 1. The van der Waals surface area contributed by atoms with Crippen LogP contribution in [0.2, 0.25) is 0 Å². The first kappa shape index (κ1) is 14.9. The summed E-state index contributed by atoms with van der Waals surface area (Å²) in [6.45, 7) is 4.02. The van der Waals surface area contributed by atoms with Crippen LogP contribution in [0.5, 0.6) is 0 Å². The van der Waals surface area contributed by atoms with E-state index < -0.39 is 0 Å². The number of fused-ring (bicyclic) bond motifs is 1. The van der Waals surface area contributed by atoms with Crippen molar-refractivity contribution in [3.8, 4) is 12.3 Å². The van der Waals surface area contributed by atoms with Crippen LogP contribution in [0.3, 0.4) is 0 Å². The zero-order valence-corrected chi connectivity index (χ0v) is 12.2. The van der Waals surface area contributed by atoms with Gasteiger partial charge in [-0.25, -0.2) is 0 Å². The van der Waals surface area contributed by atoms with Crippen molar-refractivity contribution in [3.63, 3.8) is 0 Å². The fraction of sp³-hybridized carbons (Fsp3) is 0.400. The minimum absolute atomic E-state index is 0.473. The maximum absolute atomic E-state index is 5.23. The normalized spacial score (nSPS) is 11.3. The van der Waals surface area contributed by atoms with Crippen molar-refractivity contribution in [3.05, 3.63) is 30.2 Å². The summed E-state index contributed by atoms with van der Waals surface area (Å²) < 4.78 is 2.01. The SMILES string of the molecule is C#CCNC(=NCCCc1nnc2ccccn12)NCC. The Kier molecular flexibility index (Phi) is 5.59. The summed E-state index contributed by atoms with van der Waals surface area (Å²) in [5.41, 5.74) is 0.875. The zero-order chi connectivity index (χ0) is 14.9. The van der Waals surface area contributed by atoms with Crippen molar-refractivity contribution in [1.82, 2.24) is 25.2 Å². The first-order valence-corrected chi connectivity index (χ1v) is 7.09. The second-order valence-electron chi connectivity index (χ2n) is 4.47. The molecule has 0 aromatic carbocycles. The summed E-state index contributed by atoms with van der Waals surface area (Å²) in [4.78, 5) is 4.47. The molecule has 110 valence electrons. The molecule has 0 fully saturated rings. The second kappa shape index (κ2) is 7.90. The standard InChI is InChI=1S/C15H20N6/c1-3-10-17-15(16-4-2)18-11-7-9-14-20-19-13-8-5-6-12-21(13)14/h1,5-6,8,12H,4,7,9-11H2,2H3,(H2,16,17,18). The van der Waals surface area contributed by atoms with Crippen LogP contribution >= 0.6 is 0 Å². The number of hydrogen-bond acceptors (Lipinski definition) is 3. The van der Waals surface area contributed by atoms with Crippen LogP contribution in [0.1, 0.15) is 19.2 Å². The number of aryl methyl sites for hydroxylation is 1. The van der Waals surface area contributed by atoms with E-state index in [9.17, 15) is 0 Å². The molecule has 21 heavy (non-hydrogen) atoms. The van der Waals surface area contributed by atoms with Crippen molar-refractivity contribution < 1.29 is 0 Å². The molecule has 0 aliphatic carbocycles. The lowest BCUT2D eigenvalue weighted by atomic mass is 10.3. The van der Waals surface area contributed by atoms with E-state index in [4.69, 9.17) is 6.42 Å². The van der Waals surface area contributed by atoms with Crippen LogP contribution in [-0.4, -0.2) is 40.2 Å². The van der Waals surface area contributed by atoms with Gasteiger partial charge in [-0.05, 0) is 25.5 Å². The molecule has 2 N–H and O–H groups in total. The number of rotatable bonds is 6. The van der Waals surface area contributed by atoms with Gasteiger partial charge in [-0.3, -0.25) is 9.39 Å². The number of nitrogens with one attached hydrogen (secondary N) is 2. The third kappa shape index (κ3) is 4.21. The van der Waals surface area contributed by atoms with Gasteiger partial charge in [0.15, 0.2) is 11.6 Å². The van der Waals surface area contributed by atoms with E-state index in [-0.39, 0.29) is 0 Å². The maximum Gasteiger partial charge on any atom is 0.192 e. The molecule has 6 heteroatoms. The smallest absolute Gasteiger partial charge is 0.192 e. The molecule has 0 bridgehead atoms. The van der Waals surface area contributed by atoms with Crippen molar-refractivity contribution in [2.45, 2.75) is 19.8 Å². The van der Waals surface area contributed by atoms with Gasteiger partial charge in [-0.2, -0.15) is 0 Å². The first-order valence-electron chi connectivity index (χ1n) is 7.09. The molecule has 2 heterocycles. The number of aliphatic imine (C=N–C) groups is 1. The van der Waals surface area contributed by atoms with Crippen molar-refractivity contribution in [2.75, 3.05) is 19.6 Å². The molecule has 2 aromatic rings. The molecule has 0 saturated carbocycles. The molecule has 0 spiro atoms. The highest BCUT2D eigenvalue weighted by Crippen LogP contribution is 2.04. The van der Waals surface area contributed by atoms with Crippen LogP contribution < -0.4 is 10.6 Å². The van der Waals surface area contributed by atoms with Gasteiger partial charge in [0.2, 0.25) is 0 Å². The lowest BCUT2D eigenvalue weighted by molar-refractivity contribution is 0.759. The lowest BCUT2D eigenvalue weighted by Crippen LogP contribution is -2.37. The third-order valence-corrected chi connectivity index (χ3v) is 2.91.